The van der Waals surface area contributed by atoms with Gasteiger partial charge in [-0.3, -0.25) is 0 Å². The van der Waals surface area contributed by atoms with Gasteiger partial charge in [-0.05, 0) is 17.7 Å². The van der Waals surface area contributed by atoms with E-state index < -0.39 is 46.7 Å². The first-order chi connectivity index (χ1) is 8.75. The minimum Gasteiger partial charge on any atom is -0.477 e. The lowest BCUT2D eigenvalue weighted by Gasteiger charge is -2.09. The second-order valence-corrected chi connectivity index (χ2v) is 3.33. The molecule has 4 nitrogen and oxygen atoms in total. The lowest BCUT2D eigenvalue weighted by molar-refractivity contribution is -0.140. The van der Waals surface area contributed by atoms with E-state index in [1.54, 1.807) is 0 Å². The highest BCUT2D eigenvalue weighted by Gasteiger charge is 2.29. The van der Waals surface area contributed by atoms with Crippen LogP contribution >= 0.6 is 0 Å². The molecule has 0 aliphatic rings. The van der Waals surface area contributed by atoms with E-state index in [2.05, 4.69) is 0 Å². The Morgan fingerprint density at radius 1 is 1.00 bits per heavy atom. The molecular formula is C11H6F4O4. The molecule has 0 radical (unpaired) electrons. The molecule has 8 heteroatoms. The summed E-state index contributed by atoms with van der Waals surface area (Å²) in [4.78, 5) is 21.3. The zero-order valence-corrected chi connectivity index (χ0v) is 9.03. The molecule has 0 saturated carbocycles. The number of halogens is 4. The van der Waals surface area contributed by atoms with Crippen LogP contribution in [0.15, 0.2) is 23.8 Å². The first kappa shape index (κ1) is 14.7. The van der Waals surface area contributed by atoms with Gasteiger partial charge in [0.25, 0.3) is 6.43 Å². The van der Waals surface area contributed by atoms with Crippen LogP contribution in [0.4, 0.5) is 17.6 Å². The molecule has 0 unspecified atom stereocenters. The quantitative estimate of drug-likeness (QED) is 0.383. The Balaban J connectivity index is 3.59. The average Bonchev–Trinajstić information content (AvgIpc) is 2.28. The van der Waals surface area contributed by atoms with Crippen molar-refractivity contribution in [3.8, 4) is 0 Å². The van der Waals surface area contributed by atoms with Crippen molar-refractivity contribution in [3.05, 3.63) is 41.0 Å². The van der Waals surface area contributed by atoms with Crippen molar-refractivity contribution in [2.24, 2.45) is 0 Å². The van der Waals surface area contributed by atoms with Gasteiger partial charge in [-0.25, -0.2) is 27.2 Å². The third kappa shape index (κ3) is 3.09. The molecule has 1 aromatic rings. The summed E-state index contributed by atoms with van der Waals surface area (Å²) >= 11 is 0. The summed E-state index contributed by atoms with van der Waals surface area (Å²) in [6.07, 6.45) is -3.48. The number of hydrogen-bond donors (Lipinski definition) is 2. The molecule has 0 amide bonds. The molecule has 0 aromatic heterocycles. The Morgan fingerprint density at radius 2 is 1.53 bits per heavy atom. The van der Waals surface area contributed by atoms with E-state index in [1.165, 1.54) is 0 Å². The third-order valence-electron chi connectivity index (χ3n) is 2.15. The second kappa shape index (κ2) is 5.51. The monoisotopic (exact) mass is 278 g/mol. The normalized spacial score (nSPS) is 10.4. The molecule has 0 fully saturated rings. The molecule has 0 spiro atoms. The Morgan fingerprint density at radius 3 is 1.89 bits per heavy atom. The minimum atomic E-state index is -3.48. The number of carboxylic acids is 2. The maximum absolute atomic E-state index is 12.9. The Bertz CT molecular complexity index is 550. The van der Waals surface area contributed by atoms with Gasteiger partial charge in [0, 0.05) is 5.57 Å². The molecule has 0 heterocycles. The second-order valence-electron chi connectivity index (χ2n) is 3.33. The fraction of sp³-hybridized carbons (Fsp3) is 0.0909. The fourth-order valence-electron chi connectivity index (χ4n) is 1.36. The van der Waals surface area contributed by atoms with Crippen LogP contribution in [0.3, 0.4) is 0 Å². The van der Waals surface area contributed by atoms with E-state index in [0.29, 0.717) is 18.2 Å². The molecule has 0 aliphatic carbocycles. The summed E-state index contributed by atoms with van der Waals surface area (Å²) in [6.45, 7) is 0. The minimum absolute atomic E-state index is 0.308. The predicted molar refractivity (Wildman–Crippen MR) is 54.6 cm³/mol. The summed E-state index contributed by atoms with van der Waals surface area (Å²) in [6, 6.07) is 1.48. The van der Waals surface area contributed by atoms with Gasteiger partial charge in [0.2, 0.25) is 0 Å². The maximum Gasteiger partial charge on any atom is 0.343 e. The van der Waals surface area contributed by atoms with Gasteiger partial charge in [0.05, 0.1) is 0 Å². The van der Waals surface area contributed by atoms with Crippen LogP contribution in [0.1, 0.15) is 5.56 Å². The molecule has 0 aliphatic heterocycles. The van der Waals surface area contributed by atoms with Crippen LogP contribution in [-0.2, 0) is 9.59 Å². The highest BCUT2D eigenvalue weighted by Crippen LogP contribution is 2.27. The number of allylic oxidation sites excluding steroid dienone is 1. The molecule has 0 atom stereocenters. The van der Waals surface area contributed by atoms with Crippen molar-refractivity contribution in [1.82, 2.24) is 0 Å². The van der Waals surface area contributed by atoms with Crippen LogP contribution in [0, 0.1) is 11.6 Å². The molecule has 2 N–H and O–H groups in total. The molecule has 19 heavy (non-hydrogen) atoms. The number of hydrogen-bond acceptors (Lipinski definition) is 2. The Labute approximate surface area is 103 Å². The van der Waals surface area contributed by atoms with Crippen molar-refractivity contribution in [2.45, 2.75) is 6.43 Å². The van der Waals surface area contributed by atoms with Crippen molar-refractivity contribution in [3.63, 3.8) is 0 Å². The van der Waals surface area contributed by atoms with E-state index >= 15 is 0 Å². The van der Waals surface area contributed by atoms with E-state index in [1.807, 2.05) is 0 Å². The fourth-order valence-corrected chi connectivity index (χ4v) is 1.36. The predicted octanol–water partition coefficient (Wildman–Crippen LogP) is 2.15. The van der Waals surface area contributed by atoms with E-state index in [-0.39, 0.29) is 0 Å². The zero-order chi connectivity index (χ0) is 14.7. The smallest absolute Gasteiger partial charge is 0.343 e. The van der Waals surface area contributed by atoms with Crippen LogP contribution in [0.5, 0.6) is 0 Å². The number of carbonyl (C=O) groups is 2. The lowest BCUT2D eigenvalue weighted by Crippen LogP contribution is -2.17. The van der Waals surface area contributed by atoms with Crippen LogP contribution < -0.4 is 0 Å². The van der Waals surface area contributed by atoms with Crippen molar-refractivity contribution in [1.29, 1.82) is 0 Å². The van der Waals surface area contributed by atoms with Crippen LogP contribution in [-0.4, -0.2) is 28.6 Å². The number of aliphatic carboxylic acids is 2. The van der Waals surface area contributed by atoms with Gasteiger partial charge in [-0.2, -0.15) is 0 Å². The van der Waals surface area contributed by atoms with Crippen molar-refractivity contribution < 1.29 is 37.4 Å². The first-order valence-electron chi connectivity index (χ1n) is 4.70. The van der Waals surface area contributed by atoms with Crippen molar-refractivity contribution in [2.75, 3.05) is 0 Å². The summed E-state index contributed by atoms with van der Waals surface area (Å²) in [5.41, 5.74) is -3.70. The molecular weight excluding hydrogens is 272 g/mol. The van der Waals surface area contributed by atoms with Gasteiger partial charge in [-0.15, -0.1) is 0 Å². The standard InChI is InChI=1S/C11H6F4O4/c12-5-2-1-4(3-6(5)13)7(9(14)15)8(10(16)17)11(18)19/h1-3,9H,(H,16,17)(H,18,19). The van der Waals surface area contributed by atoms with Gasteiger partial charge in [0.1, 0.15) is 0 Å². The number of carboxylic acid groups (broad SMARTS) is 2. The van der Waals surface area contributed by atoms with Crippen LogP contribution in [0.2, 0.25) is 0 Å². The van der Waals surface area contributed by atoms with Gasteiger partial charge in [-0.1, -0.05) is 6.07 Å². The van der Waals surface area contributed by atoms with Crippen LogP contribution in [0.25, 0.3) is 5.57 Å². The summed E-state index contributed by atoms with van der Waals surface area (Å²) < 4.78 is 51.2. The highest BCUT2D eigenvalue weighted by atomic mass is 19.3. The zero-order valence-electron chi connectivity index (χ0n) is 9.03. The van der Waals surface area contributed by atoms with E-state index in [0.717, 1.165) is 0 Å². The van der Waals surface area contributed by atoms with Gasteiger partial charge in [0.15, 0.2) is 17.2 Å². The Hall–Kier alpha value is -2.38. The Kier molecular flexibility index (Phi) is 4.26. The number of benzene rings is 1. The lowest BCUT2D eigenvalue weighted by atomic mass is 10.00. The van der Waals surface area contributed by atoms with Gasteiger partial charge >= 0.3 is 11.9 Å². The van der Waals surface area contributed by atoms with E-state index in [9.17, 15) is 27.2 Å². The summed E-state index contributed by atoms with van der Waals surface area (Å²) in [5.74, 6) is -7.03. The number of alkyl halides is 2. The molecule has 0 saturated heterocycles. The largest absolute Gasteiger partial charge is 0.477 e. The molecule has 0 bridgehead atoms. The first-order valence-corrected chi connectivity index (χ1v) is 4.70. The van der Waals surface area contributed by atoms with Gasteiger partial charge < -0.3 is 10.2 Å². The topological polar surface area (TPSA) is 74.6 Å². The number of rotatable bonds is 4. The molecule has 1 aromatic carbocycles. The summed E-state index contributed by atoms with van der Waals surface area (Å²) in [5, 5.41) is 17.2. The van der Waals surface area contributed by atoms with Crippen molar-refractivity contribution >= 4 is 17.5 Å². The SMILES string of the molecule is O=C(O)C(C(=O)O)=C(c1ccc(F)c(F)c1)C(F)F. The third-order valence-corrected chi connectivity index (χ3v) is 2.15. The summed E-state index contributed by atoms with van der Waals surface area (Å²) in [7, 11) is 0. The highest BCUT2D eigenvalue weighted by molar-refractivity contribution is 6.19. The molecule has 102 valence electrons. The average molecular weight is 278 g/mol. The molecule has 1 rings (SSSR count). The van der Waals surface area contributed by atoms with E-state index in [4.69, 9.17) is 10.2 Å². The maximum atomic E-state index is 12.9.